The summed E-state index contributed by atoms with van der Waals surface area (Å²) in [5, 5.41) is 1.26. The largest absolute Gasteiger partial charge is 0.379 e. The second-order valence-corrected chi connectivity index (χ2v) is 7.71. The number of pyridine rings is 1. The molecule has 1 fully saturated rings. The molecule has 2 heterocycles. The molecule has 0 saturated carbocycles. The Kier molecular flexibility index (Phi) is 5.49. The van der Waals surface area contributed by atoms with E-state index < -0.39 is 0 Å². The molecule has 1 saturated heterocycles. The van der Waals surface area contributed by atoms with E-state index in [9.17, 15) is 0 Å². The van der Waals surface area contributed by atoms with Crippen molar-refractivity contribution in [1.29, 1.82) is 0 Å². The highest BCUT2D eigenvalue weighted by Gasteiger charge is 2.24. The van der Waals surface area contributed by atoms with Crippen LogP contribution in [0.25, 0.3) is 10.9 Å². The topological polar surface area (TPSA) is 28.6 Å². The Hall–Kier alpha value is -1.49. The van der Waals surface area contributed by atoms with Gasteiger partial charge >= 0.3 is 0 Å². The van der Waals surface area contributed by atoms with E-state index in [0.717, 1.165) is 51.5 Å². The van der Waals surface area contributed by atoms with Gasteiger partial charge in [-0.05, 0) is 30.2 Å². The van der Waals surface area contributed by atoms with Crippen LogP contribution in [0.3, 0.4) is 0 Å². The van der Waals surface area contributed by atoms with Gasteiger partial charge in [0.2, 0.25) is 0 Å². The minimum atomic E-state index is 0.259. The standard InChI is InChI=1S/C20H29N3O/c1-20(2,16-23-10-12-24-13-11-23)15-22(3)14-17-6-4-8-19-18(17)7-5-9-21-19/h4-9H,10-16H2,1-3H3. The molecule has 4 nitrogen and oxygen atoms in total. The summed E-state index contributed by atoms with van der Waals surface area (Å²) in [6.07, 6.45) is 1.86. The first-order chi connectivity index (χ1) is 11.5. The van der Waals surface area contributed by atoms with Crippen LogP contribution >= 0.6 is 0 Å². The molecule has 0 amide bonds. The van der Waals surface area contributed by atoms with Gasteiger partial charge in [0.25, 0.3) is 0 Å². The molecule has 0 bridgehead atoms. The molecule has 24 heavy (non-hydrogen) atoms. The Morgan fingerprint density at radius 2 is 1.96 bits per heavy atom. The van der Waals surface area contributed by atoms with Gasteiger partial charge in [-0.1, -0.05) is 32.0 Å². The fourth-order valence-corrected chi connectivity index (χ4v) is 3.80. The van der Waals surface area contributed by atoms with Gasteiger partial charge in [-0.3, -0.25) is 9.88 Å². The van der Waals surface area contributed by atoms with Gasteiger partial charge in [0.15, 0.2) is 0 Å². The molecule has 1 aromatic heterocycles. The molecular weight excluding hydrogens is 298 g/mol. The van der Waals surface area contributed by atoms with Gasteiger partial charge in [0, 0.05) is 44.3 Å². The lowest BCUT2D eigenvalue weighted by Gasteiger charge is -2.37. The number of fused-ring (bicyclic) bond motifs is 1. The molecule has 130 valence electrons. The van der Waals surface area contributed by atoms with Crippen LogP contribution in [0.5, 0.6) is 0 Å². The molecule has 2 aromatic rings. The summed E-state index contributed by atoms with van der Waals surface area (Å²) < 4.78 is 5.46. The van der Waals surface area contributed by atoms with Crippen molar-refractivity contribution in [2.45, 2.75) is 20.4 Å². The van der Waals surface area contributed by atoms with Crippen LogP contribution in [-0.4, -0.2) is 61.2 Å². The first-order valence-corrected chi connectivity index (χ1v) is 8.85. The Labute approximate surface area is 145 Å². The first-order valence-electron chi connectivity index (χ1n) is 8.85. The van der Waals surface area contributed by atoms with Crippen molar-refractivity contribution in [2.75, 3.05) is 46.4 Å². The highest BCUT2D eigenvalue weighted by Crippen LogP contribution is 2.22. The number of morpholine rings is 1. The zero-order chi connectivity index (χ0) is 17.0. The summed E-state index contributed by atoms with van der Waals surface area (Å²) in [4.78, 5) is 9.42. The van der Waals surface area contributed by atoms with E-state index in [-0.39, 0.29) is 5.41 Å². The molecule has 0 radical (unpaired) electrons. The molecule has 0 spiro atoms. The molecule has 0 unspecified atom stereocenters. The van der Waals surface area contributed by atoms with Crippen molar-refractivity contribution >= 4 is 10.9 Å². The van der Waals surface area contributed by atoms with Gasteiger partial charge in [-0.15, -0.1) is 0 Å². The third-order valence-corrected chi connectivity index (χ3v) is 4.63. The zero-order valence-electron chi connectivity index (χ0n) is 15.2. The highest BCUT2D eigenvalue weighted by atomic mass is 16.5. The van der Waals surface area contributed by atoms with E-state index in [1.807, 2.05) is 12.3 Å². The Morgan fingerprint density at radius 1 is 1.17 bits per heavy atom. The first kappa shape index (κ1) is 17.3. The number of nitrogens with zero attached hydrogens (tertiary/aromatic N) is 3. The lowest BCUT2D eigenvalue weighted by Crippen LogP contribution is -2.45. The van der Waals surface area contributed by atoms with Crippen molar-refractivity contribution in [3.8, 4) is 0 Å². The summed E-state index contributed by atoms with van der Waals surface area (Å²) in [5.74, 6) is 0. The molecule has 1 aliphatic heterocycles. The number of hydrogen-bond donors (Lipinski definition) is 0. The molecule has 1 aromatic carbocycles. The van der Waals surface area contributed by atoms with E-state index in [2.05, 4.69) is 59.9 Å². The molecule has 0 atom stereocenters. The molecule has 1 aliphatic rings. The SMILES string of the molecule is CN(Cc1cccc2ncccc12)CC(C)(C)CN1CCOCC1. The van der Waals surface area contributed by atoms with E-state index in [0.29, 0.717) is 0 Å². The number of aromatic nitrogens is 1. The summed E-state index contributed by atoms with van der Waals surface area (Å²) in [7, 11) is 2.22. The Morgan fingerprint density at radius 3 is 2.75 bits per heavy atom. The van der Waals surface area contributed by atoms with E-state index in [4.69, 9.17) is 4.74 Å². The third kappa shape index (κ3) is 4.53. The molecule has 0 aliphatic carbocycles. The van der Waals surface area contributed by atoms with Crippen LogP contribution in [-0.2, 0) is 11.3 Å². The zero-order valence-corrected chi connectivity index (χ0v) is 15.2. The van der Waals surface area contributed by atoms with Gasteiger partial charge in [0.05, 0.1) is 18.7 Å². The van der Waals surface area contributed by atoms with E-state index >= 15 is 0 Å². The lowest BCUT2D eigenvalue weighted by molar-refractivity contribution is 0.0161. The normalized spacial score (nSPS) is 16.8. The Bertz CT molecular complexity index is 659. The van der Waals surface area contributed by atoms with Crippen LogP contribution in [0.15, 0.2) is 36.5 Å². The summed E-state index contributed by atoms with van der Waals surface area (Å²) in [5.41, 5.74) is 2.69. The Balaban J connectivity index is 1.62. The van der Waals surface area contributed by atoms with Gasteiger partial charge in [-0.2, -0.15) is 0 Å². The molecule has 0 N–H and O–H groups in total. The van der Waals surface area contributed by atoms with Crippen LogP contribution in [0.1, 0.15) is 19.4 Å². The third-order valence-electron chi connectivity index (χ3n) is 4.63. The predicted octanol–water partition coefficient (Wildman–Crippen LogP) is 3.03. The maximum Gasteiger partial charge on any atom is 0.0705 e. The van der Waals surface area contributed by atoms with Gasteiger partial charge in [-0.25, -0.2) is 0 Å². The monoisotopic (exact) mass is 327 g/mol. The van der Waals surface area contributed by atoms with E-state index in [1.54, 1.807) is 0 Å². The van der Waals surface area contributed by atoms with E-state index in [1.165, 1.54) is 10.9 Å². The maximum absolute atomic E-state index is 5.46. The summed E-state index contributed by atoms with van der Waals surface area (Å²) in [6.45, 7) is 11.7. The molecule has 3 rings (SSSR count). The average Bonchev–Trinajstić information content (AvgIpc) is 2.55. The van der Waals surface area contributed by atoms with Crippen LogP contribution in [0.4, 0.5) is 0 Å². The number of ether oxygens (including phenoxy) is 1. The van der Waals surface area contributed by atoms with Crippen molar-refractivity contribution in [2.24, 2.45) is 5.41 Å². The van der Waals surface area contributed by atoms with Crippen LogP contribution in [0.2, 0.25) is 0 Å². The molecular formula is C20H29N3O. The van der Waals surface area contributed by atoms with Crippen molar-refractivity contribution < 1.29 is 4.74 Å². The van der Waals surface area contributed by atoms with Crippen LogP contribution in [0, 0.1) is 5.41 Å². The fraction of sp³-hybridized carbons (Fsp3) is 0.550. The van der Waals surface area contributed by atoms with Crippen molar-refractivity contribution in [3.05, 3.63) is 42.1 Å². The summed E-state index contributed by atoms with van der Waals surface area (Å²) in [6, 6.07) is 10.6. The van der Waals surface area contributed by atoms with Gasteiger partial charge < -0.3 is 9.64 Å². The quantitative estimate of drug-likeness (QED) is 0.815. The number of benzene rings is 1. The minimum absolute atomic E-state index is 0.259. The second kappa shape index (κ2) is 7.60. The number of rotatable bonds is 6. The average molecular weight is 327 g/mol. The highest BCUT2D eigenvalue weighted by molar-refractivity contribution is 5.81. The van der Waals surface area contributed by atoms with Crippen LogP contribution < -0.4 is 0 Å². The smallest absolute Gasteiger partial charge is 0.0705 e. The van der Waals surface area contributed by atoms with Crippen molar-refractivity contribution in [3.63, 3.8) is 0 Å². The lowest BCUT2D eigenvalue weighted by atomic mass is 9.91. The minimum Gasteiger partial charge on any atom is -0.379 e. The second-order valence-electron chi connectivity index (χ2n) is 7.71. The summed E-state index contributed by atoms with van der Waals surface area (Å²) >= 11 is 0. The van der Waals surface area contributed by atoms with Gasteiger partial charge in [0.1, 0.15) is 0 Å². The molecule has 4 heteroatoms. The maximum atomic E-state index is 5.46. The fourth-order valence-electron chi connectivity index (χ4n) is 3.80. The number of hydrogen-bond acceptors (Lipinski definition) is 4. The predicted molar refractivity (Wildman–Crippen MR) is 99.1 cm³/mol. The van der Waals surface area contributed by atoms with Crippen molar-refractivity contribution in [1.82, 2.24) is 14.8 Å².